The van der Waals surface area contributed by atoms with Crippen LogP contribution in [-0.4, -0.2) is 49.8 Å². The molecule has 33 heavy (non-hydrogen) atoms. The van der Waals surface area contributed by atoms with E-state index in [0.29, 0.717) is 38.1 Å². The zero-order valence-electron chi connectivity index (χ0n) is 18.8. The van der Waals surface area contributed by atoms with Crippen molar-refractivity contribution in [3.05, 3.63) is 59.7 Å². The van der Waals surface area contributed by atoms with E-state index in [0.717, 1.165) is 30.7 Å². The van der Waals surface area contributed by atoms with E-state index < -0.39 is 10.0 Å². The highest BCUT2D eigenvalue weighted by molar-refractivity contribution is 7.89. The summed E-state index contributed by atoms with van der Waals surface area (Å²) in [5, 5.41) is 8.92. The van der Waals surface area contributed by atoms with Gasteiger partial charge in [-0.15, -0.1) is 0 Å². The Labute approximate surface area is 195 Å². The third-order valence-corrected chi connectivity index (χ3v) is 8.45. The lowest BCUT2D eigenvalue weighted by Crippen LogP contribution is -2.44. The Morgan fingerprint density at radius 2 is 1.70 bits per heavy atom. The van der Waals surface area contributed by atoms with Gasteiger partial charge in [0, 0.05) is 25.6 Å². The predicted octanol–water partition coefficient (Wildman–Crippen LogP) is 3.72. The Kier molecular flexibility index (Phi) is 7.01. The molecular formula is C25H29N3O4S. The van der Waals surface area contributed by atoms with Gasteiger partial charge in [-0.1, -0.05) is 12.1 Å². The first-order chi connectivity index (χ1) is 15.9. The molecule has 0 aromatic heterocycles. The maximum atomic E-state index is 13.4. The van der Waals surface area contributed by atoms with Crippen molar-refractivity contribution in [2.24, 2.45) is 5.92 Å². The molecule has 0 spiro atoms. The molecule has 174 valence electrons. The lowest BCUT2D eigenvalue weighted by molar-refractivity contribution is -0.137. The molecule has 1 unspecified atom stereocenters. The van der Waals surface area contributed by atoms with Crippen LogP contribution in [0.1, 0.15) is 49.8 Å². The summed E-state index contributed by atoms with van der Waals surface area (Å²) < 4.78 is 32.9. The Bertz CT molecular complexity index is 1120. The number of rotatable bonds is 6. The first kappa shape index (κ1) is 23.3. The van der Waals surface area contributed by atoms with Gasteiger partial charge in [-0.3, -0.25) is 4.79 Å². The van der Waals surface area contributed by atoms with Crippen LogP contribution in [0.2, 0.25) is 0 Å². The average molecular weight is 468 g/mol. The molecule has 2 aliphatic rings. The number of carbonyl (C=O) groups is 1. The molecule has 2 fully saturated rings. The second-order valence-electron chi connectivity index (χ2n) is 8.51. The zero-order chi connectivity index (χ0) is 23.4. The van der Waals surface area contributed by atoms with Gasteiger partial charge < -0.3 is 9.64 Å². The summed E-state index contributed by atoms with van der Waals surface area (Å²) in [6, 6.07) is 16.0. The number of amides is 1. The summed E-state index contributed by atoms with van der Waals surface area (Å²) in [4.78, 5) is 15.5. The molecule has 2 heterocycles. The molecule has 2 aromatic carbocycles. The second kappa shape index (κ2) is 9.94. The first-order valence-electron chi connectivity index (χ1n) is 11.5. The van der Waals surface area contributed by atoms with Gasteiger partial charge in [-0.25, -0.2) is 8.42 Å². The van der Waals surface area contributed by atoms with E-state index in [1.807, 2.05) is 42.2 Å². The molecule has 2 aromatic rings. The normalized spacial score (nSPS) is 19.9. The molecule has 0 N–H and O–H groups in total. The van der Waals surface area contributed by atoms with E-state index in [9.17, 15) is 13.2 Å². The Hall–Kier alpha value is -2.89. The van der Waals surface area contributed by atoms with E-state index in [4.69, 9.17) is 10.00 Å². The maximum absolute atomic E-state index is 13.4. The quantitative estimate of drug-likeness (QED) is 0.646. The van der Waals surface area contributed by atoms with Crippen LogP contribution in [0.4, 0.5) is 0 Å². The van der Waals surface area contributed by atoms with Gasteiger partial charge in [0.05, 0.1) is 29.2 Å². The summed E-state index contributed by atoms with van der Waals surface area (Å²) >= 11 is 0. The van der Waals surface area contributed by atoms with Gasteiger partial charge in [0.25, 0.3) is 0 Å². The molecule has 8 heteroatoms. The Morgan fingerprint density at radius 1 is 1.03 bits per heavy atom. The lowest BCUT2D eigenvalue weighted by atomic mass is 9.95. The SMILES string of the molecule is CCOc1ccc(C2CCCN2C(=O)C2CCN(S(=O)(=O)c3ccc(C#N)cc3)CC2)cc1. The number of piperidine rings is 1. The largest absolute Gasteiger partial charge is 0.494 e. The van der Waals surface area contributed by atoms with Crippen LogP contribution < -0.4 is 4.74 Å². The van der Waals surface area contributed by atoms with Crippen molar-refractivity contribution in [2.75, 3.05) is 26.2 Å². The molecule has 0 radical (unpaired) electrons. The highest BCUT2D eigenvalue weighted by Gasteiger charge is 2.37. The third kappa shape index (κ3) is 4.90. The van der Waals surface area contributed by atoms with E-state index in [-0.39, 0.29) is 22.8 Å². The van der Waals surface area contributed by atoms with Crippen molar-refractivity contribution in [1.29, 1.82) is 5.26 Å². The Morgan fingerprint density at radius 3 is 2.30 bits per heavy atom. The van der Waals surface area contributed by atoms with Crippen molar-refractivity contribution < 1.29 is 17.9 Å². The van der Waals surface area contributed by atoms with E-state index >= 15 is 0 Å². The van der Waals surface area contributed by atoms with Crippen LogP contribution in [0.15, 0.2) is 53.4 Å². The number of likely N-dealkylation sites (tertiary alicyclic amines) is 1. The summed E-state index contributed by atoms with van der Waals surface area (Å²) in [6.07, 6.45) is 2.93. The minimum Gasteiger partial charge on any atom is -0.494 e. The number of hydrogen-bond donors (Lipinski definition) is 0. The number of hydrogen-bond acceptors (Lipinski definition) is 5. The first-order valence-corrected chi connectivity index (χ1v) is 12.9. The molecular weight excluding hydrogens is 438 g/mol. The average Bonchev–Trinajstić information content (AvgIpc) is 3.34. The topological polar surface area (TPSA) is 90.7 Å². The summed E-state index contributed by atoms with van der Waals surface area (Å²) in [5.74, 6) is 0.787. The smallest absolute Gasteiger partial charge is 0.243 e. The summed E-state index contributed by atoms with van der Waals surface area (Å²) in [5.41, 5.74) is 1.54. The van der Waals surface area contributed by atoms with Crippen LogP contribution in [-0.2, 0) is 14.8 Å². The highest BCUT2D eigenvalue weighted by atomic mass is 32.2. The standard InChI is InChI=1S/C25H29N3O4S/c1-2-32-22-9-7-20(8-10-22)24-4-3-15-28(24)25(29)21-13-16-27(17-14-21)33(30,31)23-11-5-19(18-26)6-12-23/h5-12,21,24H,2-4,13-17H2,1H3. The van der Waals surface area contributed by atoms with Gasteiger partial charge in [0.15, 0.2) is 0 Å². The van der Waals surface area contributed by atoms with Crippen LogP contribution in [0.3, 0.4) is 0 Å². The van der Waals surface area contributed by atoms with Crippen molar-refractivity contribution in [1.82, 2.24) is 9.21 Å². The lowest BCUT2D eigenvalue weighted by Gasteiger charge is -2.34. The molecule has 0 aliphatic carbocycles. The molecule has 0 bridgehead atoms. The van der Waals surface area contributed by atoms with Crippen LogP contribution in [0.25, 0.3) is 0 Å². The van der Waals surface area contributed by atoms with E-state index in [2.05, 4.69) is 0 Å². The van der Waals surface area contributed by atoms with Crippen LogP contribution in [0, 0.1) is 17.2 Å². The molecule has 7 nitrogen and oxygen atoms in total. The molecule has 4 rings (SSSR count). The van der Waals surface area contributed by atoms with Gasteiger partial charge >= 0.3 is 0 Å². The number of sulfonamides is 1. The number of benzene rings is 2. The van der Waals surface area contributed by atoms with Crippen molar-refractivity contribution in [3.63, 3.8) is 0 Å². The monoisotopic (exact) mass is 467 g/mol. The Balaban J connectivity index is 1.39. The summed E-state index contributed by atoms with van der Waals surface area (Å²) in [6.45, 7) is 3.94. The molecule has 0 saturated carbocycles. The van der Waals surface area contributed by atoms with Crippen LogP contribution >= 0.6 is 0 Å². The minimum absolute atomic E-state index is 0.0635. The number of carbonyl (C=O) groups excluding carboxylic acids is 1. The fourth-order valence-electron chi connectivity index (χ4n) is 4.76. The number of ether oxygens (including phenoxy) is 1. The molecule has 1 amide bonds. The zero-order valence-corrected chi connectivity index (χ0v) is 19.6. The van der Waals surface area contributed by atoms with Crippen molar-refractivity contribution in [3.8, 4) is 11.8 Å². The second-order valence-corrected chi connectivity index (χ2v) is 10.4. The number of nitriles is 1. The fraction of sp³-hybridized carbons (Fsp3) is 0.440. The van der Waals surface area contributed by atoms with Crippen molar-refractivity contribution in [2.45, 2.75) is 43.5 Å². The molecule has 2 aliphatic heterocycles. The van der Waals surface area contributed by atoms with Gasteiger partial charge in [-0.2, -0.15) is 9.57 Å². The van der Waals surface area contributed by atoms with E-state index in [1.54, 1.807) is 0 Å². The minimum atomic E-state index is -3.63. The molecule has 2 saturated heterocycles. The maximum Gasteiger partial charge on any atom is 0.243 e. The van der Waals surface area contributed by atoms with Crippen molar-refractivity contribution >= 4 is 15.9 Å². The third-order valence-electron chi connectivity index (χ3n) is 6.54. The van der Waals surface area contributed by atoms with Crippen LogP contribution in [0.5, 0.6) is 5.75 Å². The van der Waals surface area contributed by atoms with E-state index in [1.165, 1.54) is 28.6 Å². The predicted molar refractivity (Wildman–Crippen MR) is 124 cm³/mol. The van der Waals surface area contributed by atoms with Gasteiger partial charge in [0.1, 0.15) is 5.75 Å². The van der Waals surface area contributed by atoms with Gasteiger partial charge in [0.2, 0.25) is 15.9 Å². The highest BCUT2D eigenvalue weighted by Crippen LogP contribution is 2.35. The fourth-order valence-corrected chi connectivity index (χ4v) is 6.23. The van der Waals surface area contributed by atoms with Gasteiger partial charge in [-0.05, 0) is 74.6 Å². The molecule has 1 atom stereocenters. The number of nitrogens with zero attached hydrogens (tertiary/aromatic N) is 3. The summed E-state index contributed by atoms with van der Waals surface area (Å²) in [7, 11) is -3.63.